The first-order chi connectivity index (χ1) is 7.44. The highest BCUT2D eigenvalue weighted by Crippen LogP contribution is 2.21. The molecular weight excluding hydrogens is 204 g/mol. The monoisotopic (exact) mass is 226 g/mol. The summed E-state index contributed by atoms with van der Waals surface area (Å²) in [5.74, 6) is 0. The Hall–Kier alpha value is -0.770. The van der Waals surface area contributed by atoms with Crippen molar-refractivity contribution in [3.63, 3.8) is 0 Å². The third kappa shape index (κ3) is 2.88. The Kier molecular flexibility index (Phi) is 3.10. The van der Waals surface area contributed by atoms with E-state index >= 15 is 0 Å². The van der Waals surface area contributed by atoms with Gasteiger partial charge in [0.05, 0.1) is 0 Å². The van der Waals surface area contributed by atoms with E-state index in [4.69, 9.17) is 4.74 Å². The SMILES string of the molecule is CC(C)(C)OC(=O)N1CC(NC2CCC2)C1. The Labute approximate surface area is 97.3 Å². The highest BCUT2D eigenvalue weighted by Gasteiger charge is 2.35. The number of carbonyl (C=O) groups is 1. The van der Waals surface area contributed by atoms with E-state index in [9.17, 15) is 4.79 Å². The van der Waals surface area contributed by atoms with Gasteiger partial charge in [-0.2, -0.15) is 0 Å². The van der Waals surface area contributed by atoms with E-state index in [1.165, 1.54) is 19.3 Å². The van der Waals surface area contributed by atoms with Crippen molar-refractivity contribution in [2.75, 3.05) is 13.1 Å². The van der Waals surface area contributed by atoms with Crippen molar-refractivity contribution in [2.45, 2.75) is 57.7 Å². The molecule has 1 saturated carbocycles. The number of ether oxygens (including phenoxy) is 1. The summed E-state index contributed by atoms with van der Waals surface area (Å²) in [5, 5.41) is 3.55. The fraction of sp³-hybridized carbons (Fsp3) is 0.917. The maximum absolute atomic E-state index is 11.6. The molecule has 2 aliphatic rings. The van der Waals surface area contributed by atoms with E-state index in [0.29, 0.717) is 12.1 Å². The minimum Gasteiger partial charge on any atom is -0.444 e. The van der Waals surface area contributed by atoms with Crippen LogP contribution in [0.3, 0.4) is 0 Å². The van der Waals surface area contributed by atoms with Crippen molar-refractivity contribution in [3.05, 3.63) is 0 Å². The van der Waals surface area contributed by atoms with Crippen LogP contribution in [0, 0.1) is 0 Å². The van der Waals surface area contributed by atoms with Crippen LogP contribution in [0.15, 0.2) is 0 Å². The molecule has 92 valence electrons. The Balaban J connectivity index is 1.65. The summed E-state index contributed by atoms with van der Waals surface area (Å²) in [5.41, 5.74) is -0.385. The average Bonchev–Trinajstić information content (AvgIpc) is 1.93. The van der Waals surface area contributed by atoms with Crippen LogP contribution in [-0.2, 0) is 4.74 Å². The fourth-order valence-corrected chi connectivity index (χ4v) is 1.97. The largest absolute Gasteiger partial charge is 0.444 e. The van der Waals surface area contributed by atoms with Crippen LogP contribution >= 0.6 is 0 Å². The molecule has 0 radical (unpaired) electrons. The van der Waals surface area contributed by atoms with Gasteiger partial charge in [-0.3, -0.25) is 0 Å². The van der Waals surface area contributed by atoms with Crippen LogP contribution in [0.4, 0.5) is 4.79 Å². The second-order valence-corrected chi connectivity index (χ2v) is 5.88. The predicted octanol–water partition coefficient (Wildman–Crippen LogP) is 1.75. The fourth-order valence-electron chi connectivity index (χ4n) is 1.97. The zero-order valence-corrected chi connectivity index (χ0v) is 10.5. The second-order valence-electron chi connectivity index (χ2n) is 5.88. The van der Waals surface area contributed by atoms with Crippen LogP contribution < -0.4 is 5.32 Å². The maximum atomic E-state index is 11.6. The number of hydrogen-bond donors (Lipinski definition) is 1. The molecule has 1 aliphatic carbocycles. The van der Waals surface area contributed by atoms with Gasteiger partial charge in [-0.15, -0.1) is 0 Å². The molecule has 0 spiro atoms. The normalized spacial score (nSPS) is 22.6. The first kappa shape index (κ1) is 11.7. The Morgan fingerprint density at radius 1 is 1.25 bits per heavy atom. The zero-order valence-electron chi connectivity index (χ0n) is 10.5. The molecule has 1 amide bonds. The van der Waals surface area contributed by atoms with E-state index in [1.54, 1.807) is 4.90 Å². The van der Waals surface area contributed by atoms with E-state index in [0.717, 1.165) is 13.1 Å². The molecule has 4 heteroatoms. The third-order valence-electron chi connectivity index (χ3n) is 3.11. The number of carbonyl (C=O) groups excluding carboxylic acids is 1. The van der Waals surface area contributed by atoms with E-state index in [1.807, 2.05) is 20.8 Å². The summed E-state index contributed by atoms with van der Waals surface area (Å²) < 4.78 is 5.29. The summed E-state index contributed by atoms with van der Waals surface area (Å²) in [7, 11) is 0. The van der Waals surface area contributed by atoms with Gasteiger partial charge in [0.25, 0.3) is 0 Å². The van der Waals surface area contributed by atoms with E-state index in [-0.39, 0.29) is 11.7 Å². The molecule has 1 heterocycles. The van der Waals surface area contributed by atoms with Gasteiger partial charge in [-0.1, -0.05) is 6.42 Å². The molecule has 0 atom stereocenters. The van der Waals surface area contributed by atoms with Gasteiger partial charge in [0, 0.05) is 25.2 Å². The minimum atomic E-state index is -0.385. The Morgan fingerprint density at radius 2 is 1.88 bits per heavy atom. The van der Waals surface area contributed by atoms with Crippen LogP contribution in [0.25, 0.3) is 0 Å². The van der Waals surface area contributed by atoms with Gasteiger partial charge in [0.1, 0.15) is 5.60 Å². The Morgan fingerprint density at radius 3 is 2.31 bits per heavy atom. The molecule has 2 fully saturated rings. The summed E-state index contributed by atoms with van der Waals surface area (Å²) in [6.45, 7) is 7.29. The molecule has 0 bridgehead atoms. The van der Waals surface area contributed by atoms with Gasteiger partial charge < -0.3 is 15.0 Å². The number of likely N-dealkylation sites (tertiary alicyclic amines) is 1. The molecule has 1 saturated heterocycles. The van der Waals surface area contributed by atoms with Gasteiger partial charge >= 0.3 is 6.09 Å². The highest BCUT2D eigenvalue weighted by atomic mass is 16.6. The second kappa shape index (κ2) is 4.24. The zero-order chi connectivity index (χ0) is 11.8. The molecule has 4 nitrogen and oxygen atoms in total. The minimum absolute atomic E-state index is 0.181. The lowest BCUT2D eigenvalue weighted by Gasteiger charge is -2.43. The van der Waals surface area contributed by atoms with Crippen LogP contribution in [0.2, 0.25) is 0 Å². The van der Waals surface area contributed by atoms with Crippen molar-refractivity contribution in [3.8, 4) is 0 Å². The molecule has 1 aliphatic heterocycles. The van der Waals surface area contributed by atoms with Gasteiger partial charge in [0.15, 0.2) is 0 Å². The van der Waals surface area contributed by atoms with Gasteiger partial charge in [-0.25, -0.2) is 4.79 Å². The number of hydrogen-bond acceptors (Lipinski definition) is 3. The smallest absolute Gasteiger partial charge is 0.410 e. The predicted molar refractivity (Wildman–Crippen MR) is 62.4 cm³/mol. The lowest BCUT2D eigenvalue weighted by Crippen LogP contribution is -2.63. The molecule has 0 aromatic heterocycles. The average molecular weight is 226 g/mol. The van der Waals surface area contributed by atoms with E-state index in [2.05, 4.69) is 5.32 Å². The summed E-state index contributed by atoms with van der Waals surface area (Å²) in [4.78, 5) is 13.4. The topological polar surface area (TPSA) is 41.6 Å². The molecule has 0 unspecified atom stereocenters. The third-order valence-corrected chi connectivity index (χ3v) is 3.11. The standard InChI is InChI=1S/C12H22N2O2/c1-12(2,3)16-11(15)14-7-10(8-14)13-9-5-4-6-9/h9-10,13H,4-8H2,1-3H3. The summed E-state index contributed by atoms with van der Waals surface area (Å²) >= 11 is 0. The first-order valence-corrected chi connectivity index (χ1v) is 6.18. The van der Waals surface area contributed by atoms with Crippen molar-refractivity contribution >= 4 is 6.09 Å². The van der Waals surface area contributed by atoms with Crippen molar-refractivity contribution in [2.24, 2.45) is 0 Å². The van der Waals surface area contributed by atoms with Crippen molar-refractivity contribution in [1.29, 1.82) is 0 Å². The van der Waals surface area contributed by atoms with Crippen LogP contribution in [0.5, 0.6) is 0 Å². The molecule has 16 heavy (non-hydrogen) atoms. The summed E-state index contributed by atoms with van der Waals surface area (Å²) in [6.07, 6.45) is 3.76. The number of amides is 1. The quantitative estimate of drug-likeness (QED) is 0.780. The molecule has 1 N–H and O–H groups in total. The van der Waals surface area contributed by atoms with Gasteiger partial charge in [-0.05, 0) is 33.6 Å². The van der Waals surface area contributed by atoms with Gasteiger partial charge in [0.2, 0.25) is 0 Å². The molecular formula is C12H22N2O2. The summed E-state index contributed by atoms with van der Waals surface area (Å²) in [6, 6.07) is 1.18. The lowest BCUT2D eigenvalue weighted by molar-refractivity contribution is 0.00300. The van der Waals surface area contributed by atoms with E-state index < -0.39 is 0 Å². The maximum Gasteiger partial charge on any atom is 0.410 e. The number of rotatable bonds is 2. The van der Waals surface area contributed by atoms with Crippen LogP contribution in [0.1, 0.15) is 40.0 Å². The highest BCUT2D eigenvalue weighted by molar-refractivity contribution is 5.69. The van der Waals surface area contributed by atoms with Crippen molar-refractivity contribution < 1.29 is 9.53 Å². The number of nitrogens with one attached hydrogen (secondary N) is 1. The van der Waals surface area contributed by atoms with Crippen LogP contribution in [-0.4, -0.2) is 41.8 Å². The molecule has 2 rings (SSSR count). The molecule has 0 aromatic carbocycles. The number of nitrogens with zero attached hydrogens (tertiary/aromatic N) is 1. The molecule has 0 aromatic rings. The Bertz CT molecular complexity index is 263. The lowest BCUT2D eigenvalue weighted by atomic mass is 9.91. The first-order valence-electron chi connectivity index (χ1n) is 6.18. The van der Waals surface area contributed by atoms with Crippen molar-refractivity contribution in [1.82, 2.24) is 10.2 Å².